The van der Waals surface area contributed by atoms with Crippen molar-refractivity contribution in [3.63, 3.8) is 0 Å². The molecule has 13 heteroatoms. The highest BCUT2D eigenvalue weighted by molar-refractivity contribution is 5.98. The number of hydrogen-bond donors (Lipinski definition) is 3. The monoisotopic (exact) mass is 454 g/mol. The van der Waals surface area contributed by atoms with Crippen LogP contribution in [-0.4, -0.2) is 50.6 Å². The number of nitriles is 1. The van der Waals surface area contributed by atoms with Crippen molar-refractivity contribution in [2.24, 2.45) is 11.7 Å². The number of benzene rings is 1. The number of carbonyl (C=O) groups excluding carboxylic acids is 1. The van der Waals surface area contributed by atoms with Crippen molar-refractivity contribution in [3.05, 3.63) is 41.8 Å². The standard InChI is InChI=1S/C19H18F4N6O3/c20-10-1-3-11(4-2-10)26-17-13(16(25)30)9-29(27-17)14-5-6-28(18(31)32)15(12(14)8-24)7-19(21,22)23/h1-4,9,12,14-15H,5-7H2,(H2,25,30)(H,26,27)(H,31,32)/t12-,14-,15?/m0/s1. The lowest BCUT2D eigenvalue weighted by molar-refractivity contribution is -0.152. The van der Waals surface area contributed by atoms with Gasteiger partial charge < -0.3 is 21.1 Å². The zero-order valence-corrected chi connectivity index (χ0v) is 16.4. The third-order valence-electron chi connectivity index (χ3n) is 5.17. The van der Waals surface area contributed by atoms with Gasteiger partial charge in [0.05, 0.1) is 30.5 Å². The molecule has 170 valence electrons. The maximum Gasteiger partial charge on any atom is 0.407 e. The number of anilines is 2. The molecule has 1 aromatic carbocycles. The van der Waals surface area contributed by atoms with Crippen molar-refractivity contribution >= 4 is 23.5 Å². The Morgan fingerprint density at radius 3 is 2.50 bits per heavy atom. The molecule has 1 aliphatic rings. The normalized spacial score (nSPS) is 21.1. The number of nitrogens with one attached hydrogen (secondary N) is 1. The Kier molecular flexibility index (Phi) is 6.24. The Hall–Kier alpha value is -3.82. The highest BCUT2D eigenvalue weighted by Crippen LogP contribution is 2.38. The summed E-state index contributed by atoms with van der Waals surface area (Å²) in [6.07, 6.45) is -6.57. The fraction of sp³-hybridized carbons (Fsp3) is 0.368. The van der Waals surface area contributed by atoms with Crippen LogP contribution >= 0.6 is 0 Å². The molecule has 1 unspecified atom stereocenters. The van der Waals surface area contributed by atoms with Gasteiger partial charge in [-0.3, -0.25) is 9.48 Å². The summed E-state index contributed by atoms with van der Waals surface area (Å²) in [5.41, 5.74) is 5.65. The number of likely N-dealkylation sites (tertiary alicyclic amines) is 1. The molecule has 32 heavy (non-hydrogen) atoms. The number of aromatic nitrogens is 2. The number of amides is 2. The van der Waals surface area contributed by atoms with Crippen LogP contribution in [0.25, 0.3) is 0 Å². The van der Waals surface area contributed by atoms with Crippen LogP contribution in [0, 0.1) is 23.1 Å². The molecule has 2 aromatic rings. The van der Waals surface area contributed by atoms with Gasteiger partial charge in [0.25, 0.3) is 5.91 Å². The van der Waals surface area contributed by atoms with Crippen molar-refractivity contribution < 1.29 is 32.3 Å². The summed E-state index contributed by atoms with van der Waals surface area (Å²) in [6, 6.07) is 4.28. The molecule has 0 saturated carbocycles. The first-order valence-corrected chi connectivity index (χ1v) is 9.37. The second-order valence-electron chi connectivity index (χ2n) is 7.24. The molecule has 0 bridgehead atoms. The van der Waals surface area contributed by atoms with Gasteiger partial charge in [-0.15, -0.1) is 0 Å². The second-order valence-corrected chi connectivity index (χ2v) is 7.24. The van der Waals surface area contributed by atoms with Gasteiger partial charge in [0.1, 0.15) is 11.4 Å². The second kappa shape index (κ2) is 8.74. The van der Waals surface area contributed by atoms with Gasteiger partial charge in [0, 0.05) is 18.4 Å². The van der Waals surface area contributed by atoms with Crippen molar-refractivity contribution in [3.8, 4) is 6.07 Å². The number of hydrogen-bond acceptors (Lipinski definition) is 5. The summed E-state index contributed by atoms with van der Waals surface area (Å²) in [4.78, 5) is 23.9. The zero-order chi connectivity index (χ0) is 23.6. The van der Waals surface area contributed by atoms with E-state index in [1.54, 1.807) is 6.07 Å². The summed E-state index contributed by atoms with van der Waals surface area (Å²) in [5.74, 6) is -2.80. The van der Waals surface area contributed by atoms with Crippen LogP contribution in [0.4, 0.5) is 33.9 Å². The molecule has 4 N–H and O–H groups in total. The highest BCUT2D eigenvalue weighted by Gasteiger charge is 2.47. The van der Waals surface area contributed by atoms with Crippen molar-refractivity contribution in [1.29, 1.82) is 5.26 Å². The van der Waals surface area contributed by atoms with Crippen molar-refractivity contribution in [2.75, 3.05) is 11.9 Å². The van der Waals surface area contributed by atoms with Gasteiger partial charge in [-0.1, -0.05) is 0 Å². The van der Waals surface area contributed by atoms with Crippen molar-refractivity contribution in [1.82, 2.24) is 14.7 Å². The number of piperidine rings is 1. The summed E-state index contributed by atoms with van der Waals surface area (Å²) in [6.45, 7) is -0.259. The predicted molar refractivity (Wildman–Crippen MR) is 102 cm³/mol. The molecule has 9 nitrogen and oxygen atoms in total. The average molecular weight is 454 g/mol. The van der Waals surface area contributed by atoms with E-state index in [2.05, 4.69) is 10.4 Å². The van der Waals surface area contributed by atoms with Crippen LogP contribution in [0.1, 0.15) is 29.2 Å². The van der Waals surface area contributed by atoms with E-state index in [0.717, 1.165) is 4.68 Å². The molecule has 2 heterocycles. The lowest BCUT2D eigenvalue weighted by Gasteiger charge is -2.41. The van der Waals surface area contributed by atoms with E-state index in [9.17, 15) is 37.5 Å². The smallest absolute Gasteiger partial charge is 0.407 e. The van der Waals surface area contributed by atoms with Gasteiger partial charge in [-0.05, 0) is 30.7 Å². The molecule has 1 aromatic heterocycles. The fourth-order valence-electron chi connectivity index (χ4n) is 3.75. The van der Waals surface area contributed by atoms with Crippen LogP contribution < -0.4 is 11.1 Å². The number of nitrogens with two attached hydrogens (primary N) is 1. The van der Waals surface area contributed by atoms with E-state index in [4.69, 9.17) is 5.73 Å². The molecule has 0 spiro atoms. The average Bonchev–Trinajstić information content (AvgIpc) is 3.12. The first kappa shape index (κ1) is 22.9. The molecule has 2 amide bonds. The van der Waals surface area contributed by atoms with Crippen LogP contribution in [0.2, 0.25) is 0 Å². The lowest BCUT2D eigenvalue weighted by atomic mass is 9.84. The molecule has 0 radical (unpaired) electrons. The quantitative estimate of drug-likeness (QED) is 0.593. The van der Waals surface area contributed by atoms with E-state index < -0.39 is 48.4 Å². The predicted octanol–water partition coefficient (Wildman–Crippen LogP) is 3.25. The van der Waals surface area contributed by atoms with E-state index in [0.29, 0.717) is 10.6 Å². The Labute approximate surface area is 179 Å². The lowest BCUT2D eigenvalue weighted by Crippen LogP contribution is -2.53. The summed E-state index contributed by atoms with van der Waals surface area (Å²) in [5, 5.41) is 25.9. The molecule has 1 fully saturated rings. The minimum absolute atomic E-state index is 0.00520. The molecule has 3 rings (SSSR count). The highest BCUT2D eigenvalue weighted by atomic mass is 19.4. The Bertz CT molecular complexity index is 1050. The van der Waals surface area contributed by atoms with Gasteiger partial charge >= 0.3 is 12.3 Å². The Morgan fingerprint density at radius 2 is 1.97 bits per heavy atom. The number of carbonyl (C=O) groups is 2. The topological polar surface area (TPSA) is 137 Å². The third-order valence-corrected chi connectivity index (χ3v) is 5.17. The maximum absolute atomic E-state index is 13.1. The minimum Gasteiger partial charge on any atom is -0.465 e. The van der Waals surface area contributed by atoms with Gasteiger partial charge in [0.15, 0.2) is 5.82 Å². The number of carboxylic acid groups (broad SMARTS) is 1. The van der Waals surface area contributed by atoms with Crippen LogP contribution in [0.15, 0.2) is 30.5 Å². The molecule has 1 aliphatic heterocycles. The molecular weight excluding hydrogens is 436 g/mol. The third kappa shape index (κ3) is 4.90. The summed E-state index contributed by atoms with van der Waals surface area (Å²) >= 11 is 0. The first-order chi connectivity index (χ1) is 15.0. The van der Waals surface area contributed by atoms with Crippen LogP contribution in [-0.2, 0) is 0 Å². The van der Waals surface area contributed by atoms with E-state index in [1.165, 1.54) is 30.5 Å². The van der Waals surface area contributed by atoms with E-state index >= 15 is 0 Å². The van der Waals surface area contributed by atoms with E-state index in [-0.39, 0.29) is 24.3 Å². The molecule has 0 aliphatic carbocycles. The summed E-state index contributed by atoms with van der Waals surface area (Å²) < 4.78 is 53.6. The molecule has 3 atom stereocenters. The van der Waals surface area contributed by atoms with Crippen LogP contribution in [0.3, 0.4) is 0 Å². The number of primary amides is 1. The number of alkyl halides is 3. The zero-order valence-electron chi connectivity index (χ0n) is 16.4. The van der Waals surface area contributed by atoms with Crippen LogP contribution in [0.5, 0.6) is 0 Å². The fourth-order valence-corrected chi connectivity index (χ4v) is 3.75. The minimum atomic E-state index is -4.70. The SMILES string of the molecule is N#C[C@@H]1C(CC(F)(F)F)N(C(=O)O)CC[C@@H]1n1cc(C(N)=O)c(Nc2ccc(F)cc2)n1. The Morgan fingerprint density at radius 1 is 1.31 bits per heavy atom. The van der Waals surface area contributed by atoms with E-state index in [1.807, 2.05) is 0 Å². The first-order valence-electron chi connectivity index (χ1n) is 9.37. The molecule has 1 saturated heterocycles. The van der Waals surface area contributed by atoms with Gasteiger partial charge in [-0.25, -0.2) is 9.18 Å². The Balaban J connectivity index is 1.96. The number of rotatable bonds is 5. The van der Waals surface area contributed by atoms with Crippen molar-refractivity contribution in [2.45, 2.75) is 31.1 Å². The number of nitrogens with zero attached hydrogens (tertiary/aromatic N) is 4. The largest absolute Gasteiger partial charge is 0.465 e. The molecular formula is C19H18F4N6O3. The van der Waals surface area contributed by atoms with Gasteiger partial charge in [0.2, 0.25) is 0 Å². The number of halogens is 4. The van der Waals surface area contributed by atoms with Gasteiger partial charge in [-0.2, -0.15) is 23.5 Å². The summed E-state index contributed by atoms with van der Waals surface area (Å²) in [7, 11) is 0. The maximum atomic E-state index is 13.1.